The highest BCUT2D eigenvalue weighted by Crippen LogP contribution is 2.32. The number of aliphatic hydroxyl groups is 2. The fraction of sp³-hybridized carbons (Fsp3) is 0.483. The highest BCUT2D eigenvalue weighted by Gasteiger charge is 2.15. The largest absolute Gasteiger partial charge is 0.496 e. The summed E-state index contributed by atoms with van der Waals surface area (Å²) in [5.41, 5.74) is 2.40. The zero-order valence-corrected chi connectivity index (χ0v) is 22.7. The van der Waals surface area contributed by atoms with Crippen molar-refractivity contribution >= 4 is 6.47 Å². The van der Waals surface area contributed by atoms with E-state index in [2.05, 4.69) is 27.0 Å². The van der Waals surface area contributed by atoms with E-state index in [0.717, 1.165) is 12.0 Å². The third kappa shape index (κ3) is 15.6. The Morgan fingerprint density at radius 3 is 2.23 bits per heavy atom. The maximum atomic E-state index is 10.5. The molecule has 0 bridgehead atoms. The van der Waals surface area contributed by atoms with Crippen LogP contribution in [0.2, 0.25) is 0 Å². The molecule has 0 radical (unpaired) electrons. The van der Waals surface area contributed by atoms with Crippen LogP contribution < -0.4 is 9.47 Å². The van der Waals surface area contributed by atoms with Crippen LogP contribution in [0.25, 0.3) is 0 Å². The molecule has 0 aliphatic rings. The maximum Gasteiger partial charge on any atom is 0.293 e. The van der Waals surface area contributed by atoms with Crippen LogP contribution >= 0.6 is 0 Å². The lowest BCUT2D eigenvalue weighted by molar-refractivity contribution is -0.127. The summed E-state index contributed by atoms with van der Waals surface area (Å²) in [4.78, 5) is 10.5. The average Bonchev–Trinajstić information content (AvgIpc) is 2.84. The summed E-state index contributed by atoms with van der Waals surface area (Å²) in [5, 5.41) is 18.6. The molecule has 0 aromatic heterocycles. The molecule has 35 heavy (non-hydrogen) atoms. The molecule has 6 heteroatoms. The molecule has 1 aromatic rings. The van der Waals surface area contributed by atoms with Gasteiger partial charge in [-0.15, -0.1) is 6.58 Å². The third-order valence-electron chi connectivity index (χ3n) is 4.41. The second kappa shape index (κ2) is 21.7. The van der Waals surface area contributed by atoms with Gasteiger partial charge >= 0.3 is 0 Å². The van der Waals surface area contributed by atoms with Crippen LogP contribution in [-0.2, 0) is 9.53 Å². The predicted octanol–water partition coefficient (Wildman–Crippen LogP) is 6.70. The van der Waals surface area contributed by atoms with E-state index in [4.69, 9.17) is 19.3 Å². The number of carbonyl (C=O) groups is 1. The molecule has 0 heterocycles. The number of carbonyl (C=O) groups excluding carboxylic acids is 1. The van der Waals surface area contributed by atoms with Crippen LogP contribution in [0.3, 0.4) is 0 Å². The van der Waals surface area contributed by atoms with Gasteiger partial charge in [-0.1, -0.05) is 52.0 Å². The number of aliphatic hydroxyl groups excluding tert-OH is 2. The number of allylic oxidation sites excluding steroid dienone is 3. The lowest BCUT2D eigenvalue weighted by Crippen LogP contribution is -2.05. The average molecular weight is 491 g/mol. The number of benzene rings is 1. The Kier molecular flexibility index (Phi) is 21.3. The van der Waals surface area contributed by atoms with Gasteiger partial charge in [-0.25, -0.2) is 0 Å². The lowest BCUT2D eigenvalue weighted by Gasteiger charge is -2.17. The zero-order valence-electron chi connectivity index (χ0n) is 22.7. The molecule has 0 saturated carbocycles. The van der Waals surface area contributed by atoms with E-state index < -0.39 is 6.10 Å². The first-order valence-corrected chi connectivity index (χ1v) is 12.0. The lowest BCUT2D eigenvalue weighted by atomic mass is 10.0. The summed E-state index contributed by atoms with van der Waals surface area (Å²) < 4.78 is 16.2. The molecule has 1 aromatic carbocycles. The van der Waals surface area contributed by atoms with Crippen molar-refractivity contribution in [3.8, 4) is 11.5 Å². The summed E-state index contributed by atoms with van der Waals surface area (Å²) in [5.74, 6) is 2.17. The van der Waals surface area contributed by atoms with Crippen molar-refractivity contribution in [3.05, 3.63) is 72.1 Å². The molecule has 1 atom stereocenters. The third-order valence-corrected chi connectivity index (χ3v) is 4.41. The summed E-state index contributed by atoms with van der Waals surface area (Å²) in [6, 6.07) is 5.22. The van der Waals surface area contributed by atoms with Crippen LogP contribution in [0.5, 0.6) is 11.5 Å². The number of ether oxygens (including phenoxy) is 3. The van der Waals surface area contributed by atoms with Crippen molar-refractivity contribution in [2.24, 2.45) is 5.92 Å². The Labute approximate surface area is 212 Å². The smallest absolute Gasteiger partial charge is 0.293 e. The quantitative estimate of drug-likeness (QED) is 0.131. The Hall–Kier alpha value is -2.83. The van der Waals surface area contributed by atoms with Gasteiger partial charge in [-0.2, -0.15) is 0 Å². The van der Waals surface area contributed by atoms with Crippen LogP contribution in [0, 0.1) is 5.92 Å². The van der Waals surface area contributed by atoms with E-state index in [9.17, 15) is 9.90 Å². The van der Waals surface area contributed by atoms with Crippen molar-refractivity contribution < 1.29 is 29.2 Å². The second-order valence-corrected chi connectivity index (χ2v) is 8.02. The molecule has 0 amide bonds. The Balaban J connectivity index is 0. The van der Waals surface area contributed by atoms with Gasteiger partial charge in [-0.05, 0) is 57.2 Å². The van der Waals surface area contributed by atoms with Gasteiger partial charge in [0.25, 0.3) is 6.47 Å². The molecule has 1 unspecified atom stereocenters. The molecule has 6 nitrogen and oxygen atoms in total. The van der Waals surface area contributed by atoms with E-state index in [1.54, 1.807) is 37.5 Å². The standard InChI is InChI=1S/C22H28O5.C5H12O.C2H6/c1-6-8-9-20(24)19-11-10-18(13-22(19)25-5)27-21(7-2)17(12-16(3)4)14-26-15-23;1-5(2)3-4-6;1-2/h6-7,10-13,15,20,24H,1-2,8-9,14H2,3-5H3;5-6H,3-4H2,1-2H3;1-2H3/b21-17-;;. The van der Waals surface area contributed by atoms with Crippen LogP contribution in [-0.4, -0.2) is 37.0 Å². The molecule has 0 fully saturated rings. The van der Waals surface area contributed by atoms with Crippen LogP contribution in [0.1, 0.15) is 72.5 Å². The zero-order chi connectivity index (χ0) is 27.2. The van der Waals surface area contributed by atoms with Gasteiger partial charge in [0.15, 0.2) is 0 Å². The molecule has 0 spiro atoms. The first-order chi connectivity index (χ1) is 16.7. The van der Waals surface area contributed by atoms with Gasteiger partial charge in [-0.3, -0.25) is 4.79 Å². The van der Waals surface area contributed by atoms with Crippen LogP contribution in [0.15, 0.2) is 66.5 Å². The van der Waals surface area contributed by atoms with Crippen molar-refractivity contribution in [3.63, 3.8) is 0 Å². The Morgan fingerprint density at radius 1 is 1.14 bits per heavy atom. The minimum atomic E-state index is -0.649. The molecule has 2 N–H and O–H groups in total. The van der Waals surface area contributed by atoms with Gasteiger partial charge in [0.2, 0.25) is 0 Å². The number of rotatable bonds is 14. The van der Waals surface area contributed by atoms with Crippen molar-refractivity contribution in [2.75, 3.05) is 20.3 Å². The second-order valence-electron chi connectivity index (χ2n) is 8.02. The molecular formula is C29H46O6. The summed E-state index contributed by atoms with van der Waals surface area (Å²) in [6.07, 6.45) is 6.73. The highest BCUT2D eigenvalue weighted by molar-refractivity contribution is 5.44. The monoisotopic (exact) mass is 490 g/mol. The van der Waals surface area contributed by atoms with Gasteiger partial charge in [0, 0.05) is 23.8 Å². The van der Waals surface area contributed by atoms with Crippen molar-refractivity contribution in [1.82, 2.24) is 0 Å². The molecule has 0 aliphatic heterocycles. The molecular weight excluding hydrogens is 444 g/mol. The van der Waals surface area contributed by atoms with E-state index in [1.807, 2.05) is 33.8 Å². The maximum absolute atomic E-state index is 10.5. The topological polar surface area (TPSA) is 85.2 Å². The van der Waals surface area contributed by atoms with Crippen molar-refractivity contribution in [1.29, 1.82) is 0 Å². The fourth-order valence-corrected chi connectivity index (χ4v) is 2.74. The Morgan fingerprint density at radius 2 is 1.80 bits per heavy atom. The fourth-order valence-electron chi connectivity index (χ4n) is 2.74. The summed E-state index contributed by atoms with van der Waals surface area (Å²) >= 11 is 0. The summed E-state index contributed by atoms with van der Waals surface area (Å²) in [7, 11) is 1.54. The van der Waals surface area contributed by atoms with E-state index >= 15 is 0 Å². The summed E-state index contributed by atoms with van der Waals surface area (Å²) in [6.45, 7) is 20.3. The van der Waals surface area contributed by atoms with Gasteiger partial charge < -0.3 is 24.4 Å². The molecule has 0 saturated heterocycles. The predicted molar refractivity (Wildman–Crippen MR) is 145 cm³/mol. The van der Waals surface area contributed by atoms with E-state index in [0.29, 0.717) is 60.2 Å². The molecule has 1 rings (SSSR count). The van der Waals surface area contributed by atoms with Crippen molar-refractivity contribution in [2.45, 2.75) is 66.9 Å². The minimum Gasteiger partial charge on any atom is -0.496 e. The first-order valence-electron chi connectivity index (χ1n) is 12.0. The van der Waals surface area contributed by atoms with E-state index in [1.165, 1.54) is 0 Å². The number of hydrogen-bond acceptors (Lipinski definition) is 6. The normalized spacial score (nSPS) is 11.4. The molecule has 198 valence electrons. The molecule has 0 aliphatic carbocycles. The van der Waals surface area contributed by atoms with Gasteiger partial charge in [0.1, 0.15) is 23.9 Å². The van der Waals surface area contributed by atoms with E-state index in [-0.39, 0.29) is 6.61 Å². The Bertz CT molecular complexity index is 788. The minimum absolute atomic E-state index is 0.0749. The van der Waals surface area contributed by atoms with Gasteiger partial charge in [0.05, 0.1) is 13.2 Å². The SMILES string of the molecule is C=CCCC(O)c1ccc(O/C(C=C)=C(/C=C(C)C)COC=O)cc1OC.CC.CC(C)CCO. The number of methoxy groups -OCH3 is 1. The van der Waals surface area contributed by atoms with Crippen LogP contribution in [0.4, 0.5) is 0 Å². The highest BCUT2D eigenvalue weighted by atomic mass is 16.5. The first kappa shape index (κ1) is 34.3. The number of hydrogen-bond donors (Lipinski definition) is 2.